The highest BCUT2D eigenvalue weighted by molar-refractivity contribution is 5.92. The lowest BCUT2D eigenvalue weighted by Crippen LogP contribution is -2.45. The van der Waals surface area contributed by atoms with Crippen molar-refractivity contribution in [3.8, 4) is 0 Å². The highest BCUT2D eigenvalue weighted by Gasteiger charge is 2.38. The van der Waals surface area contributed by atoms with Gasteiger partial charge in [0.25, 0.3) is 0 Å². The van der Waals surface area contributed by atoms with Gasteiger partial charge < -0.3 is 34.5 Å². The molecule has 5 atom stereocenters. The molecule has 3 N–H and O–H groups in total. The van der Waals surface area contributed by atoms with E-state index in [4.69, 9.17) is 14.2 Å². The number of hydrogen-bond acceptors (Lipinski definition) is 7. The summed E-state index contributed by atoms with van der Waals surface area (Å²) in [5.41, 5.74) is 6.00. The second-order valence-corrected chi connectivity index (χ2v) is 11.7. The molecule has 10 heteroatoms. The average molecular weight is 635 g/mol. The Morgan fingerprint density at radius 1 is 0.894 bits per heavy atom. The number of nitrogens with one attached hydrogen (secondary N) is 2. The first kappa shape index (κ1) is 31.9. The number of anilines is 1. The first-order valence-electron chi connectivity index (χ1n) is 15.6. The van der Waals surface area contributed by atoms with Gasteiger partial charge in [-0.25, -0.2) is 14.6 Å². The maximum absolute atomic E-state index is 12.9. The SMILES string of the molecule is COC(=O)[C@H](Cc1ccccc1)NC(=O)Nc1ccc([C@@H]2O[C@H](Cn3cnc4ccccc43)[C@H](C)[C@H](c3ccc(CO)cc3)O2)cc1. The zero-order chi connectivity index (χ0) is 32.8. The fourth-order valence-corrected chi connectivity index (χ4v) is 5.91. The van der Waals surface area contributed by atoms with Crippen LogP contribution >= 0.6 is 0 Å². The van der Waals surface area contributed by atoms with Gasteiger partial charge in [0, 0.05) is 23.6 Å². The molecule has 0 spiro atoms. The highest BCUT2D eigenvalue weighted by Crippen LogP contribution is 2.42. The molecule has 1 aliphatic heterocycles. The molecule has 1 fully saturated rings. The van der Waals surface area contributed by atoms with Crippen molar-refractivity contribution in [3.63, 3.8) is 0 Å². The van der Waals surface area contributed by atoms with Gasteiger partial charge in [0.1, 0.15) is 6.04 Å². The van der Waals surface area contributed by atoms with E-state index < -0.39 is 24.3 Å². The van der Waals surface area contributed by atoms with Crippen LogP contribution in [0.2, 0.25) is 0 Å². The maximum Gasteiger partial charge on any atom is 0.328 e. The van der Waals surface area contributed by atoms with E-state index in [0.717, 1.165) is 33.3 Å². The third kappa shape index (κ3) is 7.52. The van der Waals surface area contributed by atoms with Gasteiger partial charge in [-0.3, -0.25) is 0 Å². The summed E-state index contributed by atoms with van der Waals surface area (Å²) >= 11 is 0. The lowest BCUT2D eigenvalue weighted by molar-refractivity contribution is -0.276. The molecule has 1 aromatic heterocycles. The number of aromatic nitrogens is 2. The number of para-hydroxylation sites is 2. The van der Waals surface area contributed by atoms with Gasteiger partial charge in [-0.05, 0) is 41.0 Å². The first-order chi connectivity index (χ1) is 22.9. The van der Waals surface area contributed by atoms with E-state index in [1.54, 1.807) is 12.1 Å². The number of nitrogens with zero attached hydrogens (tertiary/aromatic N) is 2. The molecule has 1 aliphatic rings. The number of fused-ring (bicyclic) bond motifs is 1. The minimum Gasteiger partial charge on any atom is -0.467 e. The third-order valence-electron chi connectivity index (χ3n) is 8.54. The standard InChI is InChI=1S/C37H38N4O6/c1-24-33(21-41-23-38-30-10-6-7-11-32(30)41)46-36(47-34(24)27-14-12-26(22-42)13-15-27)28-16-18-29(19-17-28)39-37(44)40-31(35(43)45-2)20-25-8-4-3-5-9-25/h3-19,23-24,31,33-34,36,42H,20-22H2,1-2H3,(H2,39,40,44)/t24-,31-,33+,34+,36+/m0/s1. The van der Waals surface area contributed by atoms with E-state index in [9.17, 15) is 14.7 Å². The van der Waals surface area contributed by atoms with Crippen LogP contribution < -0.4 is 10.6 Å². The summed E-state index contributed by atoms with van der Waals surface area (Å²) < 4.78 is 20.2. The maximum atomic E-state index is 12.9. The van der Waals surface area contributed by atoms with Gasteiger partial charge in [0.15, 0.2) is 6.29 Å². The van der Waals surface area contributed by atoms with E-state index in [1.165, 1.54) is 7.11 Å². The van der Waals surface area contributed by atoms with E-state index in [-0.39, 0.29) is 24.7 Å². The van der Waals surface area contributed by atoms with Gasteiger partial charge in [0.05, 0.1) is 49.8 Å². The van der Waals surface area contributed by atoms with Crippen molar-refractivity contribution >= 4 is 28.7 Å². The Hall–Kier alpha value is -5.03. The Bertz CT molecular complexity index is 1790. The lowest BCUT2D eigenvalue weighted by atomic mass is 9.90. The molecule has 1 saturated heterocycles. The fourth-order valence-electron chi connectivity index (χ4n) is 5.91. The molecule has 2 heterocycles. The van der Waals surface area contributed by atoms with Crippen LogP contribution in [0.4, 0.5) is 10.5 Å². The average Bonchev–Trinajstić information content (AvgIpc) is 3.52. The Balaban J connectivity index is 1.18. The van der Waals surface area contributed by atoms with Crippen molar-refractivity contribution in [2.75, 3.05) is 12.4 Å². The summed E-state index contributed by atoms with van der Waals surface area (Å²) in [4.78, 5) is 29.8. The van der Waals surface area contributed by atoms with Crippen LogP contribution in [0.1, 0.15) is 41.6 Å². The molecule has 0 radical (unpaired) electrons. The zero-order valence-corrected chi connectivity index (χ0v) is 26.3. The minimum atomic E-state index is -0.847. The number of rotatable bonds is 10. The summed E-state index contributed by atoms with van der Waals surface area (Å²) in [7, 11) is 1.30. The largest absolute Gasteiger partial charge is 0.467 e. The molecule has 47 heavy (non-hydrogen) atoms. The zero-order valence-electron chi connectivity index (χ0n) is 26.3. The van der Waals surface area contributed by atoms with Crippen molar-refractivity contribution in [2.24, 2.45) is 5.92 Å². The van der Waals surface area contributed by atoms with Gasteiger partial charge >= 0.3 is 12.0 Å². The number of benzene rings is 4. The van der Waals surface area contributed by atoms with Gasteiger partial charge in [-0.1, -0.05) is 85.8 Å². The van der Waals surface area contributed by atoms with Gasteiger partial charge in [-0.2, -0.15) is 0 Å². The Kier molecular flexibility index (Phi) is 9.92. The Morgan fingerprint density at radius 3 is 2.32 bits per heavy atom. The van der Waals surface area contributed by atoms with E-state index in [2.05, 4.69) is 27.1 Å². The summed E-state index contributed by atoms with van der Waals surface area (Å²) in [5, 5.41) is 15.1. The number of methoxy groups -OCH3 is 1. The van der Waals surface area contributed by atoms with Crippen molar-refractivity contribution in [1.29, 1.82) is 0 Å². The Labute approximate surface area is 273 Å². The van der Waals surface area contributed by atoms with Crippen molar-refractivity contribution in [3.05, 3.63) is 132 Å². The molecule has 6 rings (SSSR count). The number of carbonyl (C=O) groups excluding carboxylic acids is 2. The van der Waals surface area contributed by atoms with Gasteiger partial charge in [-0.15, -0.1) is 0 Å². The summed E-state index contributed by atoms with van der Waals surface area (Å²) in [5.74, 6) is -0.533. The molecule has 2 amide bonds. The number of ether oxygens (including phenoxy) is 3. The quantitative estimate of drug-likeness (QED) is 0.163. The number of amides is 2. The number of esters is 1. The molecule has 5 aromatic rings. The first-order valence-corrected chi connectivity index (χ1v) is 15.6. The number of hydrogen-bond donors (Lipinski definition) is 3. The Morgan fingerprint density at radius 2 is 1.60 bits per heavy atom. The predicted octanol–water partition coefficient (Wildman–Crippen LogP) is 5.93. The molecule has 4 aromatic carbocycles. The summed E-state index contributed by atoms with van der Waals surface area (Å²) in [6, 6.07) is 31.1. The number of aliphatic hydroxyl groups is 1. The van der Waals surface area contributed by atoms with Crippen LogP contribution in [0, 0.1) is 5.92 Å². The summed E-state index contributed by atoms with van der Waals surface area (Å²) in [6.45, 7) is 2.67. The monoisotopic (exact) mass is 634 g/mol. The molecular formula is C37H38N4O6. The fraction of sp³-hybridized carbons (Fsp3) is 0.270. The molecule has 0 bridgehead atoms. The third-order valence-corrected chi connectivity index (χ3v) is 8.54. The van der Waals surface area contributed by atoms with Crippen molar-refractivity contribution in [1.82, 2.24) is 14.9 Å². The van der Waals surface area contributed by atoms with Crippen LogP contribution in [0.15, 0.2) is 109 Å². The second-order valence-electron chi connectivity index (χ2n) is 11.7. The number of urea groups is 1. The van der Waals surface area contributed by atoms with Crippen LogP contribution in [0.3, 0.4) is 0 Å². The van der Waals surface area contributed by atoms with E-state index in [1.807, 2.05) is 97.3 Å². The minimum absolute atomic E-state index is 0.00401. The topological polar surface area (TPSA) is 124 Å². The molecule has 0 unspecified atom stereocenters. The number of imidazole rings is 1. The summed E-state index contributed by atoms with van der Waals surface area (Å²) in [6.07, 6.45) is 0.981. The van der Waals surface area contributed by atoms with Crippen molar-refractivity contribution in [2.45, 2.75) is 51.0 Å². The van der Waals surface area contributed by atoms with Crippen LogP contribution in [-0.4, -0.2) is 45.9 Å². The predicted molar refractivity (Wildman–Crippen MR) is 177 cm³/mol. The van der Waals surface area contributed by atoms with Crippen LogP contribution in [-0.2, 0) is 38.6 Å². The molecule has 0 saturated carbocycles. The highest BCUT2D eigenvalue weighted by atomic mass is 16.7. The van der Waals surface area contributed by atoms with Crippen LogP contribution in [0.25, 0.3) is 11.0 Å². The normalized spacial score (nSPS) is 20.0. The number of aliphatic hydroxyl groups excluding tert-OH is 1. The number of carbonyl (C=O) groups is 2. The molecular weight excluding hydrogens is 596 g/mol. The molecule has 242 valence electrons. The second kappa shape index (κ2) is 14.6. The van der Waals surface area contributed by atoms with Crippen LogP contribution in [0.5, 0.6) is 0 Å². The van der Waals surface area contributed by atoms with Gasteiger partial charge in [0.2, 0.25) is 0 Å². The molecule has 10 nitrogen and oxygen atoms in total. The smallest absolute Gasteiger partial charge is 0.328 e. The molecule has 0 aliphatic carbocycles. The van der Waals surface area contributed by atoms with E-state index >= 15 is 0 Å². The lowest BCUT2D eigenvalue weighted by Gasteiger charge is -2.41. The van der Waals surface area contributed by atoms with E-state index in [0.29, 0.717) is 18.7 Å². The van der Waals surface area contributed by atoms with Crippen molar-refractivity contribution < 1.29 is 28.9 Å².